The molecule has 2 aromatic carbocycles. The van der Waals surface area contributed by atoms with E-state index in [0.717, 1.165) is 6.42 Å². The predicted molar refractivity (Wildman–Crippen MR) is 82.2 cm³/mol. The van der Waals surface area contributed by atoms with Gasteiger partial charge in [0.25, 0.3) is 5.91 Å². The summed E-state index contributed by atoms with van der Waals surface area (Å²) in [6.07, 6.45) is 0.765. The van der Waals surface area contributed by atoms with E-state index in [2.05, 4.69) is 5.32 Å². The third kappa shape index (κ3) is 3.69. The molecule has 2 rings (SSSR count). The number of nitrogens with two attached hydrogens (primary N) is 1. The Morgan fingerprint density at radius 3 is 2.33 bits per heavy atom. The van der Waals surface area contributed by atoms with Crippen molar-refractivity contribution >= 4 is 11.8 Å². The van der Waals surface area contributed by atoms with Crippen LogP contribution in [-0.2, 0) is 6.42 Å². The normalized spacial score (nSPS) is 10.1. The Labute approximate surface area is 124 Å². The van der Waals surface area contributed by atoms with Crippen molar-refractivity contribution in [2.24, 2.45) is 5.73 Å². The zero-order valence-corrected chi connectivity index (χ0v) is 11.9. The molecule has 108 valence electrons. The second-order valence-corrected chi connectivity index (χ2v) is 4.83. The minimum absolute atomic E-state index is 0.188. The van der Waals surface area contributed by atoms with Crippen molar-refractivity contribution in [3.05, 3.63) is 70.8 Å². The molecule has 0 bridgehead atoms. The lowest BCUT2D eigenvalue weighted by atomic mass is 10.0. The molecule has 21 heavy (non-hydrogen) atoms. The van der Waals surface area contributed by atoms with Crippen LogP contribution in [0.3, 0.4) is 0 Å². The average molecular weight is 282 g/mol. The Morgan fingerprint density at radius 2 is 1.67 bits per heavy atom. The molecule has 0 aromatic heterocycles. The van der Waals surface area contributed by atoms with Gasteiger partial charge in [-0.15, -0.1) is 0 Å². The van der Waals surface area contributed by atoms with E-state index >= 15 is 0 Å². The number of benzene rings is 2. The molecule has 0 fully saturated rings. The van der Waals surface area contributed by atoms with Gasteiger partial charge in [-0.25, -0.2) is 0 Å². The Hall–Kier alpha value is -2.62. The van der Waals surface area contributed by atoms with Gasteiger partial charge in [0.2, 0.25) is 5.91 Å². The number of carbonyl (C=O) groups is 2. The highest BCUT2D eigenvalue weighted by Gasteiger charge is 2.13. The van der Waals surface area contributed by atoms with Gasteiger partial charge in [-0.1, -0.05) is 36.4 Å². The molecule has 2 aromatic rings. The van der Waals surface area contributed by atoms with Crippen LogP contribution in [0, 0.1) is 6.92 Å². The van der Waals surface area contributed by atoms with Crippen LogP contribution in [0.5, 0.6) is 0 Å². The van der Waals surface area contributed by atoms with Crippen molar-refractivity contribution in [1.82, 2.24) is 5.32 Å². The summed E-state index contributed by atoms with van der Waals surface area (Å²) in [5, 5.41) is 2.86. The van der Waals surface area contributed by atoms with Crippen LogP contribution in [-0.4, -0.2) is 18.4 Å². The van der Waals surface area contributed by atoms with E-state index in [9.17, 15) is 9.59 Å². The number of rotatable bonds is 5. The quantitative estimate of drug-likeness (QED) is 0.881. The third-order valence-corrected chi connectivity index (χ3v) is 3.39. The summed E-state index contributed by atoms with van der Waals surface area (Å²) in [4.78, 5) is 23.5. The molecule has 0 atom stereocenters. The molecule has 4 nitrogen and oxygen atoms in total. The molecule has 0 radical (unpaired) electrons. The van der Waals surface area contributed by atoms with Gasteiger partial charge in [0.05, 0.1) is 0 Å². The van der Waals surface area contributed by atoms with E-state index in [0.29, 0.717) is 23.2 Å². The molecular weight excluding hydrogens is 264 g/mol. The smallest absolute Gasteiger partial charge is 0.251 e. The van der Waals surface area contributed by atoms with Crippen LogP contribution in [0.25, 0.3) is 0 Å². The number of hydrogen-bond donors (Lipinski definition) is 2. The second kappa shape index (κ2) is 6.70. The molecule has 0 heterocycles. The van der Waals surface area contributed by atoms with Gasteiger partial charge in [-0.05, 0) is 36.6 Å². The first kappa shape index (κ1) is 14.8. The van der Waals surface area contributed by atoms with Crippen molar-refractivity contribution in [3.63, 3.8) is 0 Å². The fourth-order valence-electron chi connectivity index (χ4n) is 2.21. The number of carbonyl (C=O) groups excluding carboxylic acids is 2. The van der Waals surface area contributed by atoms with Crippen molar-refractivity contribution < 1.29 is 9.59 Å². The maximum atomic E-state index is 12.2. The SMILES string of the molecule is Cc1c(C(N)=O)cccc1C(=O)NCCc1ccccc1. The maximum Gasteiger partial charge on any atom is 0.251 e. The van der Waals surface area contributed by atoms with Crippen LogP contribution >= 0.6 is 0 Å². The molecule has 4 heteroatoms. The third-order valence-electron chi connectivity index (χ3n) is 3.39. The fourth-order valence-corrected chi connectivity index (χ4v) is 2.21. The monoisotopic (exact) mass is 282 g/mol. The molecule has 3 N–H and O–H groups in total. The van der Waals surface area contributed by atoms with Gasteiger partial charge >= 0.3 is 0 Å². The summed E-state index contributed by atoms with van der Waals surface area (Å²) in [7, 11) is 0. The average Bonchev–Trinajstić information content (AvgIpc) is 2.48. The standard InChI is InChI=1S/C17H18N2O2/c1-12-14(16(18)20)8-5-9-15(12)17(21)19-11-10-13-6-3-2-4-7-13/h2-9H,10-11H2,1H3,(H2,18,20)(H,19,21). The topological polar surface area (TPSA) is 72.2 Å². The molecule has 0 saturated heterocycles. The minimum atomic E-state index is -0.522. The summed E-state index contributed by atoms with van der Waals surface area (Å²) in [6.45, 7) is 2.27. The largest absolute Gasteiger partial charge is 0.366 e. The van der Waals surface area contributed by atoms with Crippen molar-refractivity contribution in [2.75, 3.05) is 6.54 Å². The first-order valence-electron chi connectivity index (χ1n) is 6.81. The molecule has 2 amide bonds. The zero-order chi connectivity index (χ0) is 15.2. The van der Waals surface area contributed by atoms with Gasteiger partial charge in [0.1, 0.15) is 0 Å². The van der Waals surface area contributed by atoms with E-state index in [1.54, 1.807) is 25.1 Å². The van der Waals surface area contributed by atoms with Crippen LogP contribution in [0.15, 0.2) is 48.5 Å². The number of amides is 2. The number of hydrogen-bond acceptors (Lipinski definition) is 2. The molecule has 0 aliphatic rings. The lowest BCUT2D eigenvalue weighted by molar-refractivity contribution is 0.0953. The van der Waals surface area contributed by atoms with Gasteiger partial charge in [-0.3, -0.25) is 9.59 Å². The second-order valence-electron chi connectivity index (χ2n) is 4.83. The van der Waals surface area contributed by atoms with Crippen molar-refractivity contribution in [3.8, 4) is 0 Å². The molecular formula is C17H18N2O2. The summed E-state index contributed by atoms with van der Waals surface area (Å²) >= 11 is 0. The van der Waals surface area contributed by atoms with Crippen molar-refractivity contribution in [1.29, 1.82) is 0 Å². The first-order chi connectivity index (χ1) is 10.1. The molecule has 0 unspecified atom stereocenters. The fraction of sp³-hybridized carbons (Fsp3) is 0.176. The highest BCUT2D eigenvalue weighted by molar-refractivity contribution is 6.01. The van der Waals surface area contributed by atoms with Gasteiger partial charge < -0.3 is 11.1 Å². The Balaban J connectivity index is 2.01. The van der Waals surface area contributed by atoms with Gasteiger partial charge in [-0.2, -0.15) is 0 Å². The van der Waals surface area contributed by atoms with Crippen LogP contribution < -0.4 is 11.1 Å². The van der Waals surface area contributed by atoms with E-state index in [1.165, 1.54) is 5.56 Å². The summed E-state index contributed by atoms with van der Waals surface area (Å²) in [5.41, 5.74) is 7.94. The van der Waals surface area contributed by atoms with Crippen LogP contribution in [0.4, 0.5) is 0 Å². The molecule has 0 spiro atoms. The molecule has 0 aliphatic heterocycles. The minimum Gasteiger partial charge on any atom is -0.366 e. The van der Waals surface area contributed by atoms with E-state index in [-0.39, 0.29) is 5.91 Å². The summed E-state index contributed by atoms with van der Waals surface area (Å²) < 4.78 is 0. The number of primary amides is 1. The number of nitrogens with one attached hydrogen (secondary N) is 1. The van der Waals surface area contributed by atoms with Crippen molar-refractivity contribution in [2.45, 2.75) is 13.3 Å². The van der Waals surface area contributed by atoms with Gasteiger partial charge in [0.15, 0.2) is 0 Å². The predicted octanol–water partition coefficient (Wildman–Crippen LogP) is 2.07. The Bertz CT molecular complexity index is 651. The van der Waals surface area contributed by atoms with E-state index < -0.39 is 5.91 Å². The Morgan fingerprint density at radius 1 is 1.00 bits per heavy atom. The summed E-state index contributed by atoms with van der Waals surface area (Å²) in [6, 6.07) is 14.9. The van der Waals surface area contributed by atoms with E-state index in [1.807, 2.05) is 30.3 Å². The molecule has 0 aliphatic carbocycles. The summed E-state index contributed by atoms with van der Waals surface area (Å²) in [5.74, 6) is -0.710. The van der Waals surface area contributed by atoms with E-state index in [4.69, 9.17) is 5.73 Å². The maximum absolute atomic E-state index is 12.2. The van der Waals surface area contributed by atoms with Crippen LogP contribution in [0.1, 0.15) is 31.8 Å². The Kier molecular flexibility index (Phi) is 4.72. The highest BCUT2D eigenvalue weighted by atomic mass is 16.2. The van der Waals surface area contributed by atoms with Crippen LogP contribution in [0.2, 0.25) is 0 Å². The first-order valence-corrected chi connectivity index (χ1v) is 6.81. The zero-order valence-electron chi connectivity index (χ0n) is 11.9. The highest BCUT2D eigenvalue weighted by Crippen LogP contribution is 2.13. The lowest BCUT2D eigenvalue weighted by Crippen LogP contribution is -2.27. The molecule has 0 saturated carbocycles. The lowest BCUT2D eigenvalue weighted by Gasteiger charge is -2.10. The van der Waals surface area contributed by atoms with Gasteiger partial charge in [0, 0.05) is 17.7 Å².